The molecule has 2 aromatic heterocycles. The van der Waals surface area contributed by atoms with E-state index in [0.29, 0.717) is 0 Å². The second-order valence-electron chi connectivity index (χ2n) is 11.9. The molecule has 2 heteroatoms. The van der Waals surface area contributed by atoms with Crippen LogP contribution in [-0.4, -0.2) is 4.98 Å². The van der Waals surface area contributed by atoms with E-state index in [4.69, 9.17) is 4.42 Å². The van der Waals surface area contributed by atoms with Gasteiger partial charge in [-0.15, -0.1) is 0 Å². The molecule has 1 spiro atoms. The number of pyridine rings is 1. The summed E-state index contributed by atoms with van der Waals surface area (Å²) >= 11 is 0. The van der Waals surface area contributed by atoms with Crippen molar-refractivity contribution in [1.29, 1.82) is 0 Å². The van der Waals surface area contributed by atoms with Crippen molar-refractivity contribution in [2.45, 2.75) is 5.41 Å². The van der Waals surface area contributed by atoms with Crippen LogP contribution < -0.4 is 0 Å². The standard InChI is InChI=1S/C42H25NO/c1-2-9-26(10-3-1)27-17-21-39-35(24-27)33-19-18-32-34-23-28(29-11-8-22-43-25-29)16-20-38(34)42(40(32)41(33)44-39)36-14-6-4-12-30(36)31-13-5-7-15-37(31)42/h1-25H. The van der Waals surface area contributed by atoms with E-state index in [1.54, 1.807) is 0 Å². The third-order valence-electron chi connectivity index (χ3n) is 9.78. The number of benzene rings is 6. The lowest BCUT2D eigenvalue weighted by Gasteiger charge is -2.30. The molecule has 2 nitrogen and oxygen atoms in total. The number of nitrogens with zero attached hydrogens (tertiary/aromatic N) is 1. The van der Waals surface area contributed by atoms with Crippen molar-refractivity contribution in [3.63, 3.8) is 0 Å². The van der Waals surface area contributed by atoms with Crippen LogP contribution in [0.3, 0.4) is 0 Å². The highest BCUT2D eigenvalue weighted by atomic mass is 16.3. The molecule has 2 aliphatic rings. The van der Waals surface area contributed by atoms with E-state index in [1.807, 2.05) is 18.5 Å². The number of aromatic nitrogens is 1. The van der Waals surface area contributed by atoms with Crippen molar-refractivity contribution in [3.8, 4) is 44.5 Å². The molecule has 0 aliphatic heterocycles. The van der Waals surface area contributed by atoms with Crippen LogP contribution in [0, 0.1) is 0 Å². The molecule has 6 aromatic carbocycles. The first kappa shape index (κ1) is 23.8. The second-order valence-corrected chi connectivity index (χ2v) is 11.9. The summed E-state index contributed by atoms with van der Waals surface area (Å²) in [5.41, 5.74) is 16.3. The van der Waals surface area contributed by atoms with Gasteiger partial charge in [-0.1, -0.05) is 109 Å². The predicted molar refractivity (Wildman–Crippen MR) is 179 cm³/mol. The van der Waals surface area contributed by atoms with E-state index in [9.17, 15) is 0 Å². The fourth-order valence-corrected chi connectivity index (χ4v) is 7.98. The van der Waals surface area contributed by atoms with E-state index in [-0.39, 0.29) is 0 Å². The first-order valence-corrected chi connectivity index (χ1v) is 15.1. The lowest BCUT2D eigenvalue weighted by molar-refractivity contribution is 0.652. The Kier molecular flexibility index (Phi) is 4.68. The van der Waals surface area contributed by atoms with Gasteiger partial charge in [-0.25, -0.2) is 0 Å². The topological polar surface area (TPSA) is 26.0 Å². The molecule has 0 saturated heterocycles. The summed E-state index contributed by atoms with van der Waals surface area (Å²) in [5.74, 6) is 0. The van der Waals surface area contributed by atoms with Gasteiger partial charge in [0.2, 0.25) is 0 Å². The number of rotatable bonds is 2. The SMILES string of the molecule is c1ccc(-c2ccc3oc4c5c(ccc4c3c2)-c2cc(-c3cccnc3)ccc2C52c3ccccc3-c3ccccc32)cc1. The summed E-state index contributed by atoms with van der Waals surface area (Å²) in [5, 5.41) is 2.30. The highest BCUT2D eigenvalue weighted by Crippen LogP contribution is 2.64. The Balaban J connectivity index is 1.34. The molecule has 2 aliphatic carbocycles. The molecule has 2 heterocycles. The quantitative estimate of drug-likeness (QED) is 0.211. The fraction of sp³-hybridized carbons (Fsp3) is 0.0238. The molecule has 0 bridgehead atoms. The van der Waals surface area contributed by atoms with Gasteiger partial charge in [0.25, 0.3) is 0 Å². The molecular weight excluding hydrogens is 534 g/mol. The van der Waals surface area contributed by atoms with Crippen molar-refractivity contribution in [1.82, 2.24) is 4.98 Å². The maximum Gasteiger partial charge on any atom is 0.140 e. The maximum atomic E-state index is 6.94. The Hall–Kier alpha value is -5.73. The first-order valence-electron chi connectivity index (χ1n) is 15.1. The van der Waals surface area contributed by atoms with Crippen molar-refractivity contribution >= 4 is 21.9 Å². The Bertz CT molecular complexity index is 2390. The molecule has 0 fully saturated rings. The molecule has 0 radical (unpaired) electrons. The molecule has 0 N–H and O–H groups in total. The van der Waals surface area contributed by atoms with Gasteiger partial charge in [-0.05, 0) is 86.0 Å². The monoisotopic (exact) mass is 559 g/mol. The number of hydrogen-bond donors (Lipinski definition) is 0. The summed E-state index contributed by atoms with van der Waals surface area (Å²) in [7, 11) is 0. The molecular formula is C42H25NO. The molecule has 10 rings (SSSR count). The van der Waals surface area contributed by atoms with Crippen LogP contribution in [0.1, 0.15) is 22.3 Å². The first-order chi connectivity index (χ1) is 21.8. The van der Waals surface area contributed by atoms with E-state index in [1.165, 1.54) is 55.6 Å². The van der Waals surface area contributed by atoms with Gasteiger partial charge in [0.05, 0.1) is 5.41 Å². The highest BCUT2D eigenvalue weighted by molar-refractivity contribution is 6.12. The molecule has 0 amide bonds. The summed E-state index contributed by atoms with van der Waals surface area (Å²) in [6.45, 7) is 0. The van der Waals surface area contributed by atoms with E-state index in [2.05, 4.69) is 138 Å². The lowest BCUT2D eigenvalue weighted by atomic mass is 9.70. The number of furan rings is 1. The Morgan fingerprint density at radius 1 is 0.455 bits per heavy atom. The fourth-order valence-electron chi connectivity index (χ4n) is 7.98. The Labute approximate surface area is 254 Å². The van der Waals surface area contributed by atoms with Gasteiger partial charge in [-0.3, -0.25) is 4.98 Å². The van der Waals surface area contributed by atoms with Crippen LogP contribution in [0.15, 0.2) is 156 Å². The third-order valence-corrected chi connectivity index (χ3v) is 9.78. The molecule has 0 saturated carbocycles. The maximum absolute atomic E-state index is 6.94. The molecule has 204 valence electrons. The summed E-state index contributed by atoms with van der Waals surface area (Å²) in [6.07, 6.45) is 3.77. The smallest absolute Gasteiger partial charge is 0.140 e. The van der Waals surface area contributed by atoms with Crippen LogP contribution in [0.2, 0.25) is 0 Å². The van der Waals surface area contributed by atoms with Gasteiger partial charge >= 0.3 is 0 Å². The zero-order chi connectivity index (χ0) is 28.8. The van der Waals surface area contributed by atoms with Crippen LogP contribution in [-0.2, 0) is 5.41 Å². The average molecular weight is 560 g/mol. The third kappa shape index (κ3) is 2.97. The summed E-state index contributed by atoms with van der Waals surface area (Å²) in [6, 6.07) is 50.7. The number of hydrogen-bond acceptors (Lipinski definition) is 2. The van der Waals surface area contributed by atoms with E-state index >= 15 is 0 Å². The minimum Gasteiger partial charge on any atom is -0.456 e. The number of fused-ring (bicyclic) bond motifs is 14. The summed E-state index contributed by atoms with van der Waals surface area (Å²) < 4.78 is 6.94. The van der Waals surface area contributed by atoms with Crippen molar-refractivity contribution in [3.05, 3.63) is 174 Å². The Morgan fingerprint density at radius 3 is 1.91 bits per heavy atom. The van der Waals surface area contributed by atoms with Gasteiger partial charge < -0.3 is 4.42 Å². The van der Waals surface area contributed by atoms with Crippen molar-refractivity contribution in [2.75, 3.05) is 0 Å². The normalized spacial score (nSPS) is 13.6. The average Bonchev–Trinajstić information content (AvgIpc) is 3.72. The van der Waals surface area contributed by atoms with Crippen LogP contribution >= 0.6 is 0 Å². The molecule has 44 heavy (non-hydrogen) atoms. The summed E-state index contributed by atoms with van der Waals surface area (Å²) in [4.78, 5) is 4.41. The zero-order valence-corrected chi connectivity index (χ0v) is 23.8. The van der Waals surface area contributed by atoms with Crippen molar-refractivity contribution in [2.24, 2.45) is 0 Å². The minimum absolute atomic E-state index is 0.485. The van der Waals surface area contributed by atoms with E-state index in [0.717, 1.165) is 33.1 Å². The van der Waals surface area contributed by atoms with E-state index < -0.39 is 5.41 Å². The molecule has 8 aromatic rings. The van der Waals surface area contributed by atoms with Crippen LogP contribution in [0.4, 0.5) is 0 Å². The second kappa shape index (κ2) is 8.65. The highest BCUT2D eigenvalue weighted by Gasteiger charge is 2.53. The largest absolute Gasteiger partial charge is 0.456 e. The van der Waals surface area contributed by atoms with Gasteiger partial charge in [-0.2, -0.15) is 0 Å². The minimum atomic E-state index is -0.485. The van der Waals surface area contributed by atoms with Crippen LogP contribution in [0.5, 0.6) is 0 Å². The van der Waals surface area contributed by atoms with Gasteiger partial charge in [0.15, 0.2) is 0 Å². The van der Waals surface area contributed by atoms with Gasteiger partial charge in [0, 0.05) is 34.3 Å². The zero-order valence-electron chi connectivity index (χ0n) is 23.8. The molecule has 0 atom stereocenters. The van der Waals surface area contributed by atoms with Crippen molar-refractivity contribution < 1.29 is 4.42 Å². The van der Waals surface area contributed by atoms with Crippen LogP contribution in [0.25, 0.3) is 66.4 Å². The predicted octanol–water partition coefficient (Wildman–Crippen LogP) is 10.7. The lowest BCUT2D eigenvalue weighted by Crippen LogP contribution is -2.26. The van der Waals surface area contributed by atoms with Gasteiger partial charge in [0.1, 0.15) is 11.2 Å². The Morgan fingerprint density at radius 2 is 1.14 bits per heavy atom. The molecule has 0 unspecified atom stereocenters.